The van der Waals surface area contributed by atoms with E-state index in [-0.39, 0.29) is 17.7 Å². The van der Waals surface area contributed by atoms with Gasteiger partial charge in [0.1, 0.15) is 5.75 Å². The number of carbonyl (C=O) groups is 2. The van der Waals surface area contributed by atoms with Crippen molar-refractivity contribution in [2.45, 2.75) is 32.6 Å². The highest BCUT2D eigenvalue weighted by Gasteiger charge is 2.25. The predicted octanol–water partition coefficient (Wildman–Crippen LogP) is 3.78. The van der Waals surface area contributed by atoms with Crippen LogP contribution in [0.1, 0.15) is 48.7 Å². The Morgan fingerprint density at radius 3 is 2.71 bits per heavy atom. The quantitative estimate of drug-likeness (QED) is 0.657. The van der Waals surface area contributed by atoms with Crippen molar-refractivity contribution in [3.8, 4) is 11.6 Å². The zero-order chi connectivity index (χ0) is 22.0. The number of methoxy groups -OCH3 is 1. The van der Waals surface area contributed by atoms with Crippen LogP contribution in [0, 0.1) is 0 Å². The lowest BCUT2D eigenvalue weighted by Crippen LogP contribution is -2.24. The molecular weight excluding hydrogens is 394 g/mol. The summed E-state index contributed by atoms with van der Waals surface area (Å²) in [5.41, 5.74) is 2.56. The molecule has 8 nitrogen and oxygen atoms in total. The minimum absolute atomic E-state index is 0.0587. The van der Waals surface area contributed by atoms with E-state index in [1.54, 1.807) is 47.3 Å². The van der Waals surface area contributed by atoms with Crippen LogP contribution in [0.15, 0.2) is 48.8 Å². The van der Waals surface area contributed by atoms with Crippen LogP contribution in [0.25, 0.3) is 5.82 Å². The molecule has 1 aliphatic rings. The molecule has 3 heterocycles. The van der Waals surface area contributed by atoms with Crippen molar-refractivity contribution < 1.29 is 14.3 Å². The lowest BCUT2D eigenvalue weighted by atomic mass is 10.1. The molecule has 2 amide bonds. The van der Waals surface area contributed by atoms with E-state index in [9.17, 15) is 9.59 Å². The zero-order valence-electron chi connectivity index (χ0n) is 17.8. The molecule has 0 aliphatic carbocycles. The molecule has 1 fully saturated rings. The van der Waals surface area contributed by atoms with E-state index in [0.29, 0.717) is 41.5 Å². The minimum atomic E-state index is -0.266. The van der Waals surface area contributed by atoms with Crippen LogP contribution in [0.3, 0.4) is 0 Å². The van der Waals surface area contributed by atoms with Gasteiger partial charge in [0.25, 0.3) is 5.91 Å². The van der Waals surface area contributed by atoms with Gasteiger partial charge >= 0.3 is 0 Å². The third-order valence-electron chi connectivity index (χ3n) is 5.27. The first-order valence-corrected chi connectivity index (χ1v) is 10.3. The highest BCUT2D eigenvalue weighted by atomic mass is 16.5. The largest absolute Gasteiger partial charge is 0.494 e. The molecular formula is C23H25N5O3. The van der Waals surface area contributed by atoms with Crippen molar-refractivity contribution >= 4 is 23.2 Å². The summed E-state index contributed by atoms with van der Waals surface area (Å²) >= 11 is 0. The Hall–Kier alpha value is -3.68. The summed E-state index contributed by atoms with van der Waals surface area (Å²) < 4.78 is 7.18. The topological polar surface area (TPSA) is 89.3 Å². The normalized spacial score (nSPS) is 13.7. The van der Waals surface area contributed by atoms with Gasteiger partial charge in [-0.05, 0) is 36.6 Å². The van der Waals surface area contributed by atoms with Gasteiger partial charge in [0, 0.05) is 30.9 Å². The van der Waals surface area contributed by atoms with Crippen LogP contribution in [-0.4, -0.2) is 40.2 Å². The SMILES string of the molecule is COc1cc(NC(=O)c2cnn(-c3ccccn3)c2C(C)C)ccc1N1CCCC1=O. The highest BCUT2D eigenvalue weighted by molar-refractivity contribution is 6.05. The molecule has 0 bridgehead atoms. The third kappa shape index (κ3) is 4.01. The first-order valence-electron chi connectivity index (χ1n) is 10.3. The molecule has 8 heteroatoms. The molecule has 0 saturated carbocycles. The number of nitrogens with zero attached hydrogens (tertiary/aromatic N) is 4. The fourth-order valence-corrected chi connectivity index (χ4v) is 3.83. The van der Waals surface area contributed by atoms with Crippen molar-refractivity contribution in [2.75, 3.05) is 23.9 Å². The fraction of sp³-hybridized carbons (Fsp3) is 0.304. The molecule has 2 aromatic heterocycles. The maximum Gasteiger partial charge on any atom is 0.259 e. The van der Waals surface area contributed by atoms with E-state index < -0.39 is 0 Å². The lowest BCUT2D eigenvalue weighted by molar-refractivity contribution is -0.117. The second-order valence-electron chi connectivity index (χ2n) is 7.69. The van der Waals surface area contributed by atoms with Crippen molar-refractivity contribution in [3.63, 3.8) is 0 Å². The number of benzene rings is 1. The first-order chi connectivity index (χ1) is 15.0. The van der Waals surface area contributed by atoms with E-state index in [2.05, 4.69) is 15.4 Å². The van der Waals surface area contributed by atoms with Gasteiger partial charge in [-0.25, -0.2) is 9.67 Å². The van der Waals surface area contributed by atoms with Gasteiger partial charge in [0.2, 0.25) is 5.91 Å². The number of hydrogen-bond acceptors (Lipinski definition) is 5. The smallest absolute Gasteiger partial charge is 0.259 e. The second-order valence-corrected chi connectivity index (χ2v) is 7.69. The van der Waals surface area contributed by atoms with E-state index in [4.69, 9.17) is 4.74 Å². The molecule has 3 aromatic rings. The van der Waals surface area contributed by atoms with Gasteiger partial charge in [0.05, 0.1) is 30.3 Å². The maximum absolute atomic E-state index is 13.1. The Balaban J connectivity index is 1.61. The van der Waals surface area contributed by atoms with E-state index in [0.717, 1.165) is 12.1 Å². The summed E-state index contributed by atoms with van der Waals surface area (Å²) in [6, 6.07) is 10.9. The zero-order valence-corrected chi connectivity index (χ0v) is 17.8. The van der Waals surface area contributed by atoms with Gasteiger partial charge in [-0.1, -0.05) is 19.9 Å². The summed E-state index contributed by atoms with van der Waals surface area (Å²) in [7, 11) is 1.55. The molecule has 1 saturated heterocycles. The minimum Gasteiger partial charge on any atom is -0.494 e. The number of rotatable bonds is 6. The molecule has 31 heavy (non-hydrogen) atoms. The summed E-state index contributed by atoms with van der Waals surface area (Å²) in [5, 5.41) is 7.33. The number of pyridine rings is 1. The Bertz CT molecular complexity index is 1110. The average molecular weight is 419 g/mol. The van der Waals surface area contributed by atoms with Crippen LogP contribution in [0.4, 0.5) is 11.4 Å². The van der Waals surface area contributed by atoms with Crippen LogP contribution in [-0.2, 0) is 4.79 Å². The molecule has 0 atom stereocenters. The lowest BCUT2D eigenvalue weighted by Gasteiger charge is -2.19. The van der Waals surface area contributed by atoms with Crippen LogP contribution in [0.5, 0.6) is 5.75 Å². The van der Waals surface area contributed by atoms with Crippen LogP contribution < -0.4 is 15.0 Å². The molecule has 0 radical (unpaired) electrons. The number of carbonyl (C=O) groups excluding carboxylic acids is 2. The number of nitrogens with one attached hydrogen (secondary N) is 1. The summed E-state index contributed by atoms with van der Waals surface area (Å²) in [6.45, 7) is 4.70. The van der Waals surface area contributed by atoms with E-state index in [1.807, 2.05) is 32.0 Å². The Morgan fingerprint density at radius 1 is 1.23 bits per heavy atom. The number of anilines is 2. The first kappa shape index (κ1) is 20.6. The van der Waals surface area contributed by atoms with Crippen molar-refractivity contribution in [3.05, 3.63) is 60.0 Å². The molecule has 1 N–H and O–H groups in total. The van der Waals surface area contributed by atoms with Gasteiger partial charge in [-0.3, -0.25) is 9.59 Å². The van der Waals surface area contributed by atoms with Gasteiger partial charge < -0.3 is 15.0 Å². The number of aromatic nitrogens is 3. The number of amides is 2. The Morgan fingerprint density at radius 2 is 2.06 bits per heavy atom. The molecule has 4 rings (SSSR count). The van der Waals surface area contributed by atoms with Crippen molar-refractivity contribution in [1.82, 2.24) is 14.8 Å². The van der Waals surface area contributed by atoms with Crippen LogP contribution >= 0.6 is 0 Å². The molecule has 1 aromatic carbocycles. The molecule has 1 aliphatic heterocycles. The molecule has 160 valence electrons. The van der Waals surface area contributed by atoms with Crippen LogP contribution in [0.2, 0.25) is 0 Å². The Labute approximate surface area is 180 Å². The monoisotopic (exact) mass is 419 g/mol. The highest BCUT2D eigenvalue weighted by Crippen LogP contribution is 2.34. The van der Waals surface area contributed by atoms with Gasteiger partial charge in [-0.2, -0.15) is 5.10 Å². The van der Waals surface area contributed by atoms with E-state index in [1.165, 1.54) is 0 Å². The molecule has 0 unspecified atom stereocenters. The second kappa shape index (κ2) is 8.59. The van der Waals surface area contributed by atoms with Gasteiger partial charge in [0.15, 0.2) is 5.82 Å². The standard InChI is InChI=1S/C23H25N5O3/c1-15(2)22-17(14-25-28(22)20-7-4-5-11-24-20)23(30)26-16-9-10-18(19(13-16)31-3)27-12-6-8-21(27)29/h4-5,7,9-11,13-15H,6,8,12H2,1-3H3,(H,26,30). The summed E-state index contributed by atoms with van der Waals surface area (Å²) in [6.07, 6.45) is 4.63. The fourth-order valence-electron chi connectivity index (χ4n) is 3.83. The third-order valence-corrected chi connectivity index (χ3v) is 5.27. The van der Waals surface area contributed by atoms with Crippen molar-refractivity contribution in [1.29, 1.82) is 0 Å². The maximum atomic E-state index is 13.1. The predicted molar refractivity (Wildman–Crippen MR) is 118 cm³/mol. The van der Waals surface area contributed by atoms with Gasteiger partial charge in [-0.15, -0.1) is 0 Å². The number of ether oxygens (including phenoxy) is 1. The average Bonchev–Trinajstić information content (AvgIpc) is 3.41. The number of hydrogen-bond donors (Lipinski definition) is 1. The van der Waals surface area contributed by atoms with Crippen molar-refractivity contribution in [2.24, 2.45) is 0 Å². The summed E-state index contributed by atoms with van der Waals surface area (Å²) in [5.74, 6) is 1.08. The molecule has 0 spiro atoms. The van der Waals surface area contributed by atoms with E-state index >= 15 is 0 Å². The summed E-state index contributed by atoms with van der Waals surface area (Å²) in [4.78, 5) is 31.2. The Kier molecular flexibility index (Phi) is 5.70.